The predicted molar refractivity (Wildman–Crippen MR) is 109 cm³/mol. The van der Waals surface area contributed by atoms with Crippen LogP contribution in [0.3, 0.4) is 0 Å². The van der Waals surface area contributed by atoms with Gasteiger partial charge in [-0.1, -0.05) is 54.6 Å². The number of hydrogen-bond donors (Lipinski definition) is 0. The third-order valence-corrected chi connectivity index (χ3v) is 5.10. The highest BCUT2D eigenvalue weighted by Crippen LogP contribution is 2.33. The maximum atomic E-state index is 13.4. The highest BCUT2D eigenvalue weighted by Gasteiger charge is 2.42. The Bertz CT molecular complexity index is 1280. The van der Waals surface area contributed by atoms with Gasteiger partial charge in [0.1, 0.15) is 5.58 Å². The van der Waals surface area contributed by atoms with E-state index in [0.717, 1.165) is 10.4 Å². The van der Waals surface area contributed by atoms with E-state index in [1.165, 1.54) is 5.01 Å². The lowest BCUT2D eigenvalue weighted by Gasteiger charge is -2.36. The van der Waals surface area contributed by atoms with Gasteiger partial charge in [0.15, 0.2) is 5.76 Å². The summed E-state index contributed by atoms with van der Waals surface area (Å²) in [5.41, 5.74) is 1.82. The quantitative estimate of drug-likeness (QED) is 0.474. The van der Waals surface area contributed by atoms with E-state index in [1.807, 2.05) is 18.2 Å². The van der Waals surface area contributed by atoms with Gasteiger partial charge in [0.05, 0.1) is 6.54 Å². The summed E-state index contributed by atoms with van der Waals surface area (Å²) in [6, 6.07) is 24.2. The predicted octanol–water partition coefficient (Wildman–Crippen LogP) is 4.29. The maximum Gasteiger partial charge on any atom is 0.316 e. The van der Waals surface area contributed by atoms with Crippen LogP contribution < -0.4 is 0 Å². The molecule has 4 aromatic rings. The van der Waals surface area contributed by atoms with Gasteiger partial charge >= 0.3 is 5.91 Å². The molecule has 1 aromatic heterocycles. The lowest BCUT2D eigenvalue weighted by atomic mass is 10.1. The van der Waals surface area contributed by atoms with Crippen molar-refractivity contribution < 1.29 is 18.8 Å². The van der Waals surface area contributed by atoms with E-state index in [2.05, 4.69) is 0 Å². The van der Waals surface area contributed by atoms with Crippen LogP contribution in [0.15, 0.2) is 89.3 Å². The Kier molecular flexibility index (Phi) is 4.17. The number of hydrogen-bond acceptors (Lipinski definition) is 4. The van der Waals surface area contributed by atoms with Crippen molar-refractivity contribution in [3.63, 3.8) is 0 Å². The third-order valence-electron chi connectivity index (χ3n) is 5.10. The van der Waals surface area contributed by atoms with Crippen LogP contribution in [0.4, 0.5) is 0 Å². The Morgan fingerprint density at radius 3 is 1.97 bits per heavy atom. The molecule has 2 heterocycles. The number of rotatable bonds is 2. The fourth-order valence-electron chi connectivity index (χ4n) is 3.65. The van der Waals surface area contributed by atoms with Crippen molar-refractivity contribution in [1.29, 1.82) is 0 Å². The lowest BCUT2D eigenvalue weighted by molar-refractivity contribution is -0.00825. The van der Waals surface area contributed by atoms with Crippen molar-refractivity contribution >= 4 is 28.7 Å². The molecule has 0 unspecified atom stereocenters. The summed E-state index contributed by atoms with van der Waals surface area (Å²) in [5, 5.41) is 2.82. The summed E-state index contributed by atoms with van der Waals surface area (Å²) < 4.78 is 5.77. The van der Waals surface area contributed by atoms with Gasteiger partial charge in [-0.3, -0.25) is 14.4 Å². The molecule has 0 aliphatic carbocycles. The minimum absolute atomic E-state index is 0.0460. The van der Waals surface area contributed by atoms with Crippen molar-refractivity contribution in [1.82, 2.24) is 10.0 Å². The summed E-state index contributed by atoms with van der Waals surface area (Å²) in [5.74, 6) is -1.61. The molecule has 3 aromatic carbocycles. The normalized spacial score (nSPS) is 13.4. The standard InChI is InChI=1S/C24H16N2O4/c27-22(16-9-3-1-4-10-16)25-15-19-18-13-7-8-14-20(18)30-21(19)24(29)26(25)23(28)17-11-5-2-6-12-17/h1-14H,15H2. The Morgan fingerprint density at radius 2 is 1.30 bits per heavy atom. The van der Waals surface area contributed by atoms with Gasteiger partial charge in [-0.05, 0) is 30.3 Å². The van der Waals surface area contributed by atoms with Crippen LogP contribution in [-0.2, 0) is 6.54 Å². The first kappa shape index (κ1) is 17.9. The van der Waals surface area contributed by atoms with Gasteiger partial charge in [0.25, 0.3) is 11.8 Å². The zero-order valence-corrected chi connectivity index (χ0v) is 15.8. The second kappa shape index (κ2) is 7.00. The molecule has 0 fully saturated rings. The molecular weight excluding hydrogens is 380 g/mol. The second-order valence-corrected chi connectivity index (χ2v) is 6.92. The van der Waals surface area contributed by atoms with E-state index in [-0.39, 0.29) is 12.3 Å². The Balaban J connectivity index is 1.66. The Hall–Kier alpha value is -4.19. The highest BCUT2D eigenvalue weighted by atomic mass is 16.4. The maximum absolute atomic E-state index is 13.4. The minimum Gasteiger partial charge on any atom is -0.450 e. The number of fused-ring (bicyclic) bond motifs is 3. The third kappa shape index (κ3) is 2.78. The molecule has 6 heteroatoms. The topological polar surface area (TPSA) is 70.8 Å². The molecule has 146 valence electrons. The number of para-hydroxylation sites is 1. The fourth-order valence-corrected chi connectivity index (χ4v) is 3.65. The van der Waals surface area contributed by atoms with E-state index >= 15 is 0 Å². The van der Waals surface area contributed by atoms with Gasteiger partial charge in [-0.25, -0.2) is 5.01 Å². The Morgan fingerprint density at radius 1 is 0.733 bits per heavy atom. The molecule has 0 saturated heterocycles. The number of carbonyl (C=O) groups is 3. The van der Waals surface area contributed by atoms with Gasteiger partial charge in [-0.2, -0.15) is 5.01 Å². The zero-order chi connectivity index (χ0) is 20.7. The van der Waals surface area contributed by atoms with Crippen LogP contribution in [0.1, 0.15) is 36.8 Å². The first-order chi connectivity index (χ1) is 14.6. The molecule has 0 atom stereocenters. The van der Waals surface area contributed by atoms with Gasteiger partial charge < -0.3 is 4.42 Å². The highest BCUT2D eigenvalue weighted by molar-refractivity contribution is 6.14. The summed E-state index contributed by atoms with van der Waals surface area (Å²) in [7, 11) is 0. The van der Waals surface area contributed by atoms with Crippen LogP contribution in [0.25, 0.3) is 11.0 Å². The van der Waals surface area contributed by atoms with E-state index in [4.69, 9.17) is 4.42 Å². The van der Waals surface area contributed by atoms with Crippen molar-refractivity contribution in [3.05, 3.63) is 107 Å². The smallest absolute Gasteiger partial charge is 0.316 e. The van der Waals surface area contributed by atoms with Crippen molar-refractivity contribution in [2.24, 2.45) is 0 Å². The average molecular weight is 396 g/mol. The van der Waals surface area contributed by atoms with Gasteiger partial charge in [-0.15, -0.1) is 0 Å². The lowest BCUT2D eigenvalue weighted by Crippen LogP contribution is -2.55. The molecule has 5 rings (SSSR count). The number of benzene rings is 3. The molecular formula is C24H16N2O4. The zero-order valence-electron chi connectivity index (χ0n) is 15.8. The molecule has 0 bridgehead atoms. The van der Waals surface area contributed by atoms with E-state index < -0.39 is 17.7 Å². The first-order valence-electron chi connectivity index (χ1n) is 9.46. The van der Waals surface area contributed by atoms with Crippen LogP contribution in [0.2, 0.25) is 0 Å². The monoisotopic (exact) mass is 396 g/mol. The number of carbonyl (C=O) groups excluding carboxylic acids is 3. The second-order valence-electron chi connectivity index (χ2n) is 6.92. The summed E-state index contributed by atoms with van der Waals surface area (Å²) in [6.07, 6.45) is 0. The molecule has 0 radical (unpaired) electrons. The first-order valence-corrected chi connectivity index (χ1v) is 9.46. The molecule has 3 amide bonds. The molecule has 0 N–H and O–H groups in total. The van der Waals surface area contributed by atoms with E-state index in [9.17, 15) is 14.4 Å². The fraction of sp³-hybridized carbons (Fsp3) is 0.0417. The molecule has 1 aliphatic heterocycles. The number of furan rings is 1. The average Bonchev–Trinajstić information content (AvgIpc) is 3.18. The minimum atomic E-state index is -0.661. The van der Waals surface area contributed by atoms with Gasteiger partial charge in [0, 0.05) is 22.1 Å². The summed E-state index contributed by atoms with van der Waals surface area (Å²) in [6.45, 7) is 0.0460. The molecule has 1 aliphatic rings. The van der Waals surface area contributed by atoms with Crippen LogP contribution in [0.5, 0.6) is 0 Å². The molecule has 6 nitrogen and oxygen atoms in total. The number of hydrazine groups is 1. The SMILES string of the molecule is O=C(c1ccccc1)N1Cc2c(oc3ccccc23)C(=O)N1C(=O)c1ccccc1. The van der Waals surface area contributed by atoms with Crippen LogP contribution in [-0.4, -0.2) is 27.7 Å². The van der Waals surface area contributed by atoms with E-state index in [1.54, 1.807) is 66.7 Å². The number of amides is 3. The summed E-state index contributed by atoms with van der Waals surface area (Å²) in [4.78, 5) is 39.9. The van der Waals surface area contributed by atoms with Crippen molar-refractivity contribution in [2.75, 3.05) is 0 Å². The number of nitrogens with zero attached hydrogens (tertiary/aromatic N) is 2. The number of imide groups is 1. The Labute approximate surface area is 171 Å². The van der Waals surface area contributed by atoms with Crippen molar-refractivity contribution in [2.45, 2.75) is 6.54 Å². The van der Waals surface area contributed by atoms with Crippen LogP contribution in [0, 0.1) is 0 Å². The van der Waals surface area contributed by atoms with E-state index in [0.29, 0.717) is 22.3 Å². The molecule has 30 heavy (non-hydrogen) atoms. The van der Waals surface area contributed by atoms with Gasteiger partial charge in [0.2, 0.25) is 0 Å². The molecule has 0 spiro atoms. The van der Waals surface area contributed by atoms with Crippen molar-refractivity contribution in [3.8, 4) is 0 Å². The van der Waals surface area contributed by atoms with Crippen LogP contribution >= 0.6 is 0 Å². The largest absolute Gasteiger partial charge is 0.450 e. The summed E-state index contributed by atoms with van der Waals surface area (Å²) >= 11 is 0. The molecule has 0 saturated carbocycles.